The zero-order valence-electron chi connectivity index (χ0n) is 16.7. The fourth-order valence-corrected chi connectivity index (χ4v) is 3.85. The lowest BCUT2D eigenvalue weighted by Gasteiger charge is -2.12. The van der Waals surface area contributed by atoms with Gasteiger partial charge in [-0.1, -0.05) is 48.5 Å². The predicted octanol–water partition coefficient (Wildman–Crippen LogP) is 4.30. The average Bonchev–Trinajstić information content (AvgIpc) is 3.01. The van der Waals surface area contributed by atoms with Crippen molar-refractivity contribution < 1.29 is 23.9 Å². The Morgan fingerprint density at radius 2 is 1.80 bits per heavy atom. The molecule has 0 aliphatic carbocycles. The molecule has 0 bridgehead atoms. The second-order valence-electron chi connectivity index (χ2n) is 6.55. The topological polar surface area (TPSA) is 72.9 Å². The third-order valence-corrected chi connectivity index (χ3v) is 5.33. The van der Waals surface area contributed by atoms with Crippen LogP contribution >= 0.6 is 11.8 Å². The van der Waals surface area contributed by atoms with Crippen molar-refractivity contribution in [2.45, 2.75) is 19.8 Å². The number of carbonyl (C=O) groups is 3. The Morgan fingerprint density at radius 1 is 1.07 bits per heavy atom. The minimum atomic E-state index is -0.467. The van der Waals surface area contributed by atoms with E-state index < -0.39 is 5.97 Å². The number of thioether (sulfide) groups is 1. The van der Waals surface area contributed by atoms with E-state index in [1.165, 1.54) is 10.5 Å². The lowest BCUT2D eigenvalue weighted by molar-refractivity contribution is -0.145. The van der Waals surface area contributed by atoms with Crippen molar-refractivity contribution in [3.05, 3.63) is 70.6 Å². The first-order valence-corrected chi connectivity index (χ1v) is 10.6. The zero-order valence-corrected chi connectivity index (χ0v) is 17.5. The van der Waals surface area contributed by atoms with E-state index in [0.29, 0.717) is 29.2 Å². The van der Waals surface area contributed by atoms with Crippen molar-refractivity contribution >= 4 is 35.0 Å². The summed E-state index contributed by atoms with van der Waals surface area (Å²) in [6.45, 7) is 2.15. The third-order valence-electron chi connectivity index (χ3n) is 4.42. The summed E-state index contributed by atoms with van der Waals surface area (Å²) in [6.07, 6.45) is 3.13. The molecule has 1 aliphatic heterocycles. The van der Waals surface area contributed by atoms with Crippen LogP contribution in [0.5, 0.6) is 5.75 Å². The molecule has 156 valence electrons. The third kappa shape index (κ3) is 5.73. The zero-order chi connectivity index (χ0) is 21.3. The van der Waals surface area contributed by atoms with Crippen LogP contribution in [0.2, 0.25) is 0 Å². The van der Waals surface area contributed by atoms with Crippen LogP contribution in [0, 0.1) is 0 Å². The standard InChI is InChI=1S/C23H23NO5S/c1-2-28-21(25)16-29-19-13-7-6-12-18(19)15-20-22(26)24(23(27)30-20)14-8-11-17-9-4-3-5-10-17/h3-7,9-10,12-13,15H,2,8,11,14,16H2,1H3/b20-15+. The number of para-hydroxylation sites is 1. The number of carbonyl (C=O) groups excluding carboxylic acids is 3. The maximum absolute atomic E-state index is 12.7. The molecule has 1 aliphatic rings. The van der Waals surface area contributed by atoms with Crippen LogP contribution in [0.1, 0.15) is 24.5 Å². The quantitative estimate of drug-likeness (QED) is 0.441. The number of amides is 2. The van der Waals surface area contributed by atoms with Crippen LogP contribution in [0.4, 0.5) is 4.79 Å². The number of nitrogens with zero attached hydrogens (tertiary/aromatic N) is 1. The van der Waals surface area contributed by atoms with Gasteiger partial charge in [-0.3, -0.25) is 14.5 Å². The molecule has 2 aromatic rings. The number of hydrogen-bond acceptors (Lipinski definition) is 6. The van der Waals surface area contributed by atoms with Gasteiger partial charge in [-0.25, -0.2) is 4.79 Å². The predicted molar refractivity (Wildman–Crippen MR) is 116 cm³/mol. The van der Waals surface area contributed by atoms with Crippen molar-refractivity contribution in [1.29, 1.82) is 0 Å². The smallest absolute Gasteiger partial charge is 0.344 e. The maximum Gasteiger partial charge on any atom is 0.344 e. The monoisotopic (exact) mass is 425 g/mol. The van der Waals surface area contributed by atoms with E-state index >= 15 is 0 Å². The number of esters is 1. The Kier molecular flexibility index (Phi) is 7.68. The lowest BCUT2D eigenvalue weighted by atomic mass is 10.1. The number of rotatable bonds is 9. The normalized spacial score (nSPS) is 15.0. The van der Waals surface area contributed by atoms with E-state index in [9.17, 15) is 14.4 Å². The van der Waals surface area contributed by atoms with E-state index in [2.05, 4.69) is 0 Å². The SMILES string of the molecule is CCOC(=O)COc1ccccc1/C=C1/SC(=O)N(CCCc2ccccc2)C1=O. The molecule has 7 heteroatoms. The van der Waals surface area contributed by atoms with Gasteiger partial charge >= 0.3 is 5.97 Å². The summed E-state index contributed by atoms with van der Waals surface area (Å²) in [5.41, 5.74) is 1.80. The second-order valence-corrected chi connectivity index (χ2v) is 7.55. The molecule has 0 N–H and O–H groups in total. The van der Waals surface area contributed by atoms with Gasteiger partial charge in [-0.05, 0) is 49.2 Å². The highest BCUT2D eigenvalue weighted by molar-refractivity contribution is 8.18. The van der Waals surface area contributed by atoms with Gasteiger partial charge in [0.05, 0.1) is 11.5 Å². The maximum atomic E-state index is 12.7. The first-order valence-electron chi connectivity index (χ1n) is 9.75. The molecule has 0 unspecified atom stereocenters. The van der Waals surface area contributed by atoms with E-state index in [1.807, 2.05) is 30.3 Å². The van der Waals surface area contributed by atoms with E-state index in [4.69, 9.17) is 9.47 Å². The van der Waals surface area contributed by atoms with Crippen LogP contribution in [-0.4, -0.2) is 41.8 Å². The number of hydrogen-bond donors (Lipinski definition) is 0. The fraction of sp³-hybridized carbons (Fsp3) is 0.261. The molecule has 1 fully saturated rings. The van der Waals surface area contributed by atoms with Gasteiger partial charge in [0.15, 0.2) is 6.61 Å². The minimum absolute atomic E-state index is 0.223. The first-order chi connectivity index (χ1) is 14.6. The summed E-state index contributed by atoms with van der Waals surface area (Å²) in [5.74, 6) is -0.328. The Hall–Kier alpha value is -3.06. The van der Waals surface area contributed by atoms with Gasteiger partial charge in [-0.2, -0.15) is 0 Å². The summed E-state index contributed by atoms with van der Waals surface area (Å²) in [6, 6.07) is 17.0. The summed E-state index contributed by atoms with van der Waals surface area (Å²) in [4.78, 5) is 38.2. The summed E-state index contributed by atoms with van der Waals surface area (Å²) < 4.78 is 10.4. The highest BCUT2D eigenvalue weighted by Gasteiger charge is 2.34. The van der Waals surface area contributed by atoms with Crippen LogP contribution in [0.15, 0.2) is 59.5 Å². The second kappa shape index (κ2) is 10.6. The van der Waals surface area contributed by atoms with Gasteiger partial charge < -0.3 is 9.47 Å². The Morgan fingerprint density at radius 3 is 2.57 bits per heavy atom. The fourth-order valence-electron chi connectivity index (χ4n) is 2.99. The van der Waals surface area contributed by atoms with Crippen molar-refractivity contribution in [2.75, 3.05) is 19.8 Å². The van der Waals surface area contributed by atoms with Crippen LogP contribution in [0.3, 0.4) is 0 Å². The van der Waals surface area contributed by atoms with Gasteiger partial charge in [0.1, 0.15) is 5.75 Å². The molecule has 2 amide bonds. The average molecular weight is 426 g/mol. The molecule has 1 heterocycles. The Labute approximate surface area is 179 Å². The molecule has 30 heavy (non-hydrogen) atoms. The van der Waals surface area contributed by atoms with Crippen LogP contribution < -0.4 is 4.74 Å². The molecule has 0 aromatic heterocycles. The largest absolute Gasteiger partial charge is 0.481 e. The van der Waals surface area contributed by atoms with Gasteiger partial charge in [-0.15, -0.1) is 0 Å². The molecule has 6 nitrogen and oxygen atoms in total. The van der Waals surface area contributed by atoms with Crippen LogP contribution in [0.25, 0.3) is 6.08 Å². The minimum Gasteiger partial charge on any atom is -0.481 e. The van der Waals surface area contributed by atoms with Gasteiger partial charge in [0, 0.05) is 12.1 Å². The Bertz CT molecular complexity index is 942. The van der Waals surface area contributed by atoms with Gasteiger partial charge in [0.2, 0.25) is 0 Å². The van der Waals surface area contributed by atoms with Crippen molar-refractivity contribution in [3.8, 4) is 5.75 Å². The molecule has 0 spiro atoms. The Balaban J connectivity index is 1.64. The van der Waals surface area contributed by atoms with Gasteiger partial charge in [0.25, 0.3) is 11.1 Å². The summed E-state index contributed by atoms with van der Waals surface area (Å²) in [7, 11) is 0. The van der Waals surface area contributed by atoms with E-state index in [0.717, 1.165) is 18.2 Å². The lowest BCUT2D eigenvalue weighted by Crippen LogP contribution is -2.29. The molecule has 3 rings (SSSR count). The number of ether oxygens (including phenoxy) is 2. The van der Waals surface area contributed by atoms with Crippen LogP contribution in [-0.2, 0) is 20.7 Å². The molecule has 0 saturated carbocycles. The van der Waals surface area contributed by atoms with Crippen molar-refractivity contribution in [2.24, 2.45) is 0 Å². The van der Waals surface area contributed by atoms with Crippen molar-refractivity contribution in [3.63, 3.8) is 0 Å². The number of benzene rings is 2. The molecule has 0 atom stereocenters. The number of imide groups is 1. The highest BCUT2D eigenvalue weighted by Crippen LogP contribution is 2.34. The first kappa shape index (κ1) is 21.6. The molecule has 2 aromatic carbocycles. The van der Waals surface area contributed by atoms with E-state index in [-0.39, 0.29) is 24.4 Å². The molecular weight excluding hydrogens is 402 g/mol. The highest BCUT2D eigenvalue weighted by atomic mass is 32.2. The van der Waals surface area contributed by atoms with Crippen molar-refractivity contribution in [1.82, 2.24) is 4.90 Å². The summed E-state index contributed by atoms with van der Waals surface area (Å²) in [5, 5.41) is -0.274. The molecule has 0 radical (unpaired) electrons. The summed E-state index contributed by atoms with van der Waals surface area (Å²) >= 11 is 0.915. The number of aryl methyl sites for hydroxylation is 1. The molecule has 1 saturated heterocycles. The molecular formula is C23H23NO5S. The van der Waals surface area contributed by atoms with E-state index in [1.54, 1.807) is 37.3 Å².